The Bertz CT molecular complexity index is 459. The van der Waals surface area contributed by atoms with Crippen molar-refractivity contribution < 1.29 is 4.79 Å². The first-order chi connectivity index (χ1) is 9.31. The van der Waals surface area contributed by atoms with E-state index in [4.69, 9.17) is 11.5 Å². The van der Waals surface area contributed by atoms with E-state index >= 15 is 0 Å². The maximum absolute atomic E-state index is 11.3. The van der Waals surface area contributed by atoms with Crippen LogP contribution in [0.5, 0.6) is 0 Å². The number of anilines is 2. The average molecular weight is 279 g/mol. The molecule has 0 fully saturated rings. The molecule has 0 saturated carbocycles. The molecular weight excluding hydrogens is 254 g/mol. The molecule has 1 amide bonds. The standard InChI is InChI=1S/C14H25N5O/c1-10(2)9-19(8-7-18(3)4)14-11(15)5-6-12(17-14)13(16)20/h5-6,10H,7-9,15H2,1-4H3,(H2,16,20). The van der Waals surface area contributed by atoms with Gasteiger partial charge in [0.05, 0.1) is 5.69 Å². The number of amides is 1. The highest BCUT2D eigenvalue weighted by Gasteiger charge is 2.15. The molecule has 0 aliphatic carbocycles. The molecule has 6 nitrogen and oxygen atoms in total. The minimum atomic E-state index is -0.539. The van der Waals surface area contributed by atoms with Gasteiger partial charge < -0.3 is 21.3 Å². The number of hydrogen-bond donors (Lipinski definition) is 2. The largest absolute Gasteiger partial charge is 0.396 e. The van der Waals surface area contributed by atoms with E-state index in [0.717, 1.165) is 19.6 Å². The summed E-state index contributed by atoms with van der Waals surface area (Å²) < 4.78 is 0. The number of carbonyl (C=O) groups is 1. The molecule has 0 saturated heterocycles. The molecule has 0 unspecified atom stereocenters. The molecule has 0 bridgehead atoms. The van der Waals surface area contributed by atoms with Crippen molar-refractivity contribution in [1.29, 1.82) is 0 Å². The van der Waals surface area contributed by atoms with Crippen LogP contribution in [0.15, 0.2) is 12.1 Å². The van der Waals surface area contributed by atoms with Gasteiger partial charge in [0.2, 0.25) is 0 Å². The maximum Gasteiger partial charge on any atom is 0.267 e. The van der Waals surface area contributed by atoms with Crippen LogP contribution in [-0.2, 0) is 0 Å². The number of rotatable bonds is 7. The number of pyridine rings is 1. The second-order valence-corrected chi connectivity index (χ2v) is 5.62. The summed E-state index contributed by atoms with van der Waals surface area (Å²) in [6, 6.07) is 3.24. The van der Waals surface area contributed by atoms with Crippen LogP contribution >= 0.6 is 0 Å². The van der Waals surface area contributed by atoms with Crippen LogP contribution in [0.2, 0.25) is 0 Å². The van der Waals surface area contributed by atoms with Crippen LogP contribution in [-0.4, -0.2) is 49.5 Å². The Kier molecular flexibility index (Phi) is 5.76. The Morgan fingerprint density at radius 1 is 1.30 bits per heavy atom. The van der Waals surface area contributed by atoms with Gasteiger partial charge in [0.15, 0.2) is 5.82 Å². The van der Waals surface area contributed by atoms with E-state index in [9.17, 15) is 4.79 Å². The number of hydrogen-bond acceptors (Lipinski definition) is 5. The average Bonchev–Trinajstić information content (AvgIpc) is 2.34. The lowest BCUT2D eigenvalue weighted by Gasteiger charge is -2.28. The lowest BCUT2D eigenvalue weighted by molar-refractivity contribution is 0.0995. The third kappa shape index (κ3) is 4.70. The molecule has 6 heteroatoms. The summed E-state index contributed by atoms with van der Waals surface area (Å²) in [4.78, 5) is 19.8. The van der Waals surface area contributed by atoms with Gasteiger partial charge in [0.1, 0.15) is 5.69 Å². The fourth-order valence-corrected chi connectivity index (χ4v) is 1.89. The summed E-state index contributed by atoms with van der Waals surface area (Å²) >= 11 is 0. The Morgan fingerprint density at radius 3 is 2.45 bits per heavy atom. The zero-order valence-electron chi connectivity index (χ0n) is 12.8. The highest BCUT2D eigenvalue weighted by molar-refractivity contribution is 5.91. The topological polar surface area (TPSA) is 88.5 Å². The number of aromatic nitrogens is 1. The molecule has 1 aromatic heterocycles. The minimum Gasteiger partial charge on any atom is -0.396 e. The normalized spacial score (nSPS) is 11.1. The van der Waals surface area contributed by atoms with Gasteiger partial charge in [0, 0.05) is 19.6 Å². The van der Waals surface area contributed by atoms with Crippen molar-refractivity contribution in [2.24, 2.45) is 11.7 Å². The van der Waals surface area contributed by atoms with Crippen LogP contribution < -0.4 is 16.4 Å². The Labute approximate surface area is 120 Å². The van der Waals surface area contributed by atoms with Gasteiger partial charge in [-0.1, -0.05) is 13.8 Å². The van der Waals surface area contributed by atoms with Crippen LogP contribution in [0.4, 0.5) is 11.5 Å². The smallest absolute Gasteiger partial charge is 0.267 e. The number of nitrogen functional groups attached to an aromatic ring is 1. The number of likely N-dealkylation sites (N-methyl/N-ethyl adjacent to an activating group) is 1. The number of nitrogens with two attached hydrogens (primary N) is 2. The summed E-state index contributed by atoms with van der Waals surface area (Å²) in [5.74, 6) is 0.566. The highest BCUT2D eigenvalue weighted by atomic mass is 16.1. The Hall–Kier alpha value is -1.82. The van der Waals surface area contributed by atoms with E-state index in [1.807, 2.05) is 14.1 Å². The van der Waals surface area contributed by atoms with Crippen molar-refractivity contribution in [1.82, 2.24) is 9.88 Å². The molecule has 1 heterocycles. The molecule has 0 aliphatic rings. The summed E-state index contributed by atoms with van der Waals surface area (Å²) in [5.41, 5.74) is 12.1. The van der Waals surface area contributed by atoms with Crippen molar-refractivity contribution >= 4 is 17.4 Å². The Morgan fingerprint density at radius 2 is 1.95 bits per heavy atom. The van der Waals surface area contributed by atoms with E-state index in [1.165, 1.54) is 0 Å². The van der Waals surface area contributed by atoms with Gasteiger partial charge in [-0.15, -0.1) is 0 Å². The Balaban J connectivity index is 3.04. The molecule has 112 valence electrons. The van der Waals surface area contributed by atoms with Crippen molar-refractivity contribution in [3.63, 3.8) is 0 Å². The van der Waals surface area contributed by atoms with E-state index in [2.05, 4.69) is 28.6 Å². The van der Waals surface area contributed by atoms with Crippen molar-refractivity contribution in [2.45, 2.75) is 13.8 Å². The first-order valence-electron chi connectivity index (χ1n) is 6.77. The molecule has 0 aromatic carbocycles. The number of nitrogens with zero attached hydrogens (tertiary/aromatic N) is 3. The van der Waals surface area contributed by atoms with Crippen LogP contribution in [0.3, 0.4) is 0 Å². The molecule has 1 rings (SSSR count). The van der Waals surface area contributed by atoms with Gasteiger partial charge >= 0.3 is 0 Å². The third-order valence-electron chi connectivity index (χ3n) is 2.86. The van der Waals surface area contributed by atoms with E-state index in [1.54, 1.807) is 12.1 Å². The van der Waals surface area contributed by atoms with E-state index in [0.29, 0.717) is 17.4 Å². The zero-order chi connectivity index (χ0) is 15.3. The van der Waals surface area contributed by atoms with E-state index < -0.39 is 5.91 Å². The van der Waals surface area contributed by atoms with E-state index in [-0.39, 0.29) is 5.69 Å². The molecular formula is C14H25N5O. The van der Waals surface area contributed by atoms with Crippen molar-refractivity contribution in [3.05, 3.63) is 17.8 Å². The third-order valence-corrected chi connectivity index (χ3v) is 2.86. The summed E-state index contributed by atoms with van der Waals surface area (Å²) in [6.07, 6.45) is 0. The molecule has 0 radical (unpaired) electrons. The zero-order valence-corrected chi connectivity index (χ0v) is 12.8. The van der Waals surface area contributed by atoms with Crippen LogP contribution in [0.1, 0.15) is 24.3 Å². The van der Waals surface area contributed by atoms with Crippen molar-refractivity contribution in [2.75, 3.05) is 44.4 Å². The van der Waals surface area contributed by atoms with Gasteiger partial charge in [-0.3, -0.25) is 4.79 Å². The maximum atomic E-state index is 11.3. The first kappa shape index (κ1) is 16.2. The number of carbonyl (C=O) groups excluding carboxylic acids is 1. The molecule has 0 atom stereocenters. The molecule has 4 N–H and O–H groups in total. The lowest BCUT2D eigenvalue weighted by Crippen LogP contribution is -2.35. The van der Waals surface area contributed by atoms with Crippen LogP contribution in [0, 0.1) is 5.92 Å². The molecule has 20 heavy (non-hydrogen) atoms. The summed E-state index contributed by atoms with van der Waals surface area (Å²) in [6.45, 7) is 6.78. The van der Waals surface area contributed by atoms with Gasteiger partial charge in [-0.25, -0.2) is 4.98 Å². The van der Waals surface area contributed by atoms with Gasteiger partial charge in [-0.2, -0.15) is 0 Å². The van der Waals surface area contributed by atoms with Crippen molar-refractivity contribution in [3.8, 4) is 0 Å². The summed E-state index contributed by atoms with van der Waals surface area (Å²) in [5, 5.41) is 0. The molecule has 0 spiro atoms. The number of primary amides is 1. The fourth-order valence-electron chi connectivity index (χ4n) is 1.89. The molecule has 0 aliphatic heterocycles. The van der Waals surface area contributed by atoms with Gasteiger partial charge in [-0.05, 0) is 32.1 Å². The highest BCUT2D eigenvalue weighted by Crippen LogP contribution is 2.21. The quantitative estimate of drug-likeness (QED) is 0.770. The SMILES string of the molecule is CC(C)CN(CCN(C)C)c1nc(C(N)=O)ccc1N. The van der Waals surface area contributed by atoms with Crippen LogP contribution in [0.25, 0.3) is 0 Å². The monoisotopic (exact) mass is 279 g/mol. The summed E-state index contributed by atoms with van der Waals surface area (Å²) in [7, 11) is 4.04. The second kappa shape index (κ2) is 7.09. The fraction of sp³-hybridized carbons (Fsp3) is 0.571. The predicted octanol–water partition coefficient (Wildman–Crippen LogP) is 0.787. The predicted molar refractivity (Wildman–Crippen MR) is 82.8 cm³/mol. The molecule has 1 aromatic rings. The lowest BCUT2D eigenvalue weighted by atomic mass is 10.2. The van der Waals surface area contributed by atoms with Gasteiger partial charge in [0.25, 0.3) is 5.91 Å². The second-order valence-electron chi connectivity index (χ2n) is 5.62. The minimum absolute atomic E-state index is 0.243. The first-order valence-corrected chi connectivity index (χ1v) is 6.77.